The van der Waals surface area contributed by atoms with Crippen LogP contribution in [0.3, 0.4) is 0 Å². The van der Waals surface area contributed by atoms with E-state index in [0.717, 1.165) is 33.7 Å². The highest BCUT2D eigenvalue weighted by molar-refractivity contribution is 6.00. The molecule has 156 valence electrons. The van der Waals surface area contributed by atoms with Crippen LogP contribution < -0.4 is 10.6 Å². The van der Waals surface area contributed by atoms with Gasteiger partial charge in [0.15, 0.2) is 0 Å². The number of para-hydroxylation sites is 1. The van der Waals surface area contributed by atoms with Gasteiger partial charge in [0.1, 0.15) is 17.3 Å². The van der Waals surface area contributed by atoms with Gasteiger partial charge in [-0.25, -0.2) is 8.78 Å². The van der Waals surface area contributed by atoms with Crippen molar-refractivity contribution in [3.05, 3.63) is 64.7 Å². The van der Waals surface area contributed by atoms with Crippen LogP contribution >= 0.6 is 0 Å². The van der Waals surface area contributed by atoms with Gasteiger partial charge in [0.2, 0.25) is 17.7 Å². The van der Waals surface area contributed by atoms with Crippen LogP contribution in [0.15, 0.2) is 36.4 Å². The second-order valence-electron chi connectivity index (χ2n) is 7.68. The van der Waals surface area contributed by atoms with Gasteiger partial charge in [-0.15, -0.1) is 0 Å². The van der Waals surface area contributed by atoms with Crippen LogP contribution in [0.4, 0.5) is 14.5 Å². The van der Waals surface area contributed by atoms with E-state index in [0.29, 0.717) is 19.5 Å². The number of halogens is 2. The number of rotatable bonds is 4. The molecule has 0 aliphatic carbocycles. The third kappa shape index (κ3) is 3.65. The monoisotopic (exact) mass is 413 g/mol. The van der Waals surface area contributed by atoms with Gasteiger partial charge in [-0.1, -0.05) is 24.3 Å². The lowest BCUT2D eigenvalue weighted by atomic mass is 9.92. The summed E-state index contributed by atoms with van der Waals surface area (Å²) in [5.74, 6) is -3.42. The minimum Gasteiger partial charge on any atom is -0.369 e. The minimum absolute atomic E-state index is 0.0550. The Balaban J connectivity index is 1.50. The zero-order valence-corrected chi connectivity index (χ0v) is 16.2. The van der Waals surface area contributed by atoms with E-state index in [-0.39, 0.29) is 25.3 Å². The molecule has 0 saturated carbocycles. The van der Waals surface area contributed by atoms with Crippen molar-refractivity contribution in [1.29, 1.82) is 0 Å². The molecule has 1 atom stereocenters. The minimum atomic E-state index is -0.828. The van der Waals surface area contributed by atoms with Gasteiger partial charge in [-0.3, -0.25) is 14.4 Å². The zero-order chi connectivity index (χ0) is 21.4. The van der Waals surface area contributed by atoms with Crippen molar-refractivity contribution in [3.8, 4) is 0 Å². The van der Waals surface area contributed by atoms with Gasteiger partial charge in [-0.2, -0.15) is 0 Å². The largest absolute Gasteiger partial charge is 0.369 e. The summed E-state index contributed by atoms with van der Waals surface area (Å²) in [7, 11) is 0. The van der Waals surface area contributed by atoms with Crippen LogP contribution in [-0.2, 0) is 33.8 Å². The molecule has 8 heteroatoms. The highest BCUT2D eigenvalue weighted by Crippen LogP contribution is 2.32. The number of anilines is 1. The van der Waals surface area contributed by atoms with E-state index < -0.39 is 35.1 Å². The van der Waals surface area contributed by atoms with Crippen LogP contribution in [0.5, 0.6) is 0 Å². The van der Waals surface area contributed by atoms with Crippen molar-refractivity contribution in [2.45, 2.75) is 25.8 Å². The molecule has 2 heterocycles. The predicted octanol–water partition coefficient (Wildman–Crippen LogP) is 1.93. The molecule has 1 unspecified atom stereocenters. The lowest BCUT2D eigenvalue weighted by Crippen LogP contribution is -2.41. The number of nitrogens with two attached hydrogens (primary N) is 1. The third-order valence-electron chi connectivity index (χ3n) is 5.72. The van der Waals surface area contributed by atoms with Gasteiger partial charge in [-0.05, 0) is 35.2 Å². The molecule has 0 aromatic heterocycles. The summed E-state index contributed by atoms with van der Waals surface area (Å²) in [4.78, 5) is 39.4. The Kier molecular flexibility index (Phi) is 5.24. The highest BCUT2D eigenvalue weighted by Gasteiger charge is 2.39. The summed E-state index contributed by atoms with van der Waals surface area (Å²) in [6.07, 6.45) is 0.645. The van der Waals surface area contributed by atoms with Crippen molar-refractivity contribution >= 4 is 23.4 Å². The fourth-order valence-corrected chi connectivity index (χ4v) is 4.32. The van der Waals surface area contributed by atoms with E-state index in [1.807, 2.05) is 18.2 Å². The van der Waals surface area contributed by atoms with E-state index in [1.165, 1.54) is 6.07 Å². The van der Waals surface area contributed by atoms with E-state index in [9.17, 15) is 23.2 Å². The number of amides is 3. The van der Waals surface area contributed by atoms with Gasteiger partial charge in [0.25, 0.3) is 0 Å². The highest BCUT2D eigenvalue weighted by atomic mass is 19.1. The molecule has 1 fully saturated rings. The Hall–Kier alpha value is -3.29. The molecule has 1 saturated heterocycles. The number of carbonyl (C=O) groups excluding carboxylic acids is 3. The SMILES string of the molecule is NC(=O)Cc1cccc2c1CCN(C(=O)C1CC(=O)N(c3c(F)cccc3F)C1)C2. The summed E-state index contributed by atoms with van der Waals surface area (Å²) < 4.78 is 28.2. The fraction of sp³-hybridized carbons (Fsp3) is 0.318. The number of benzene rings is 2. The van der Waals surface area contributed by atoms with E-state index in [4.69, 9.17) is 5.73 Å². The lowest BCUT2D eigenvalue weighted by Gasteiger charge is -2.32. The molecule has 0 radical (unpaired) electrons. The van der Waals surface area contributed by atoms with Crippen molar-refractivity contribution in [3.63, 3.8) is 0 Å². The van der Waals surface area contributed by atoms with Crippen molar-refractivity contribution in [2.24, 2.45) is 11.7 Å². The molecule has 0 bridgehead atoms. The fourth-order valence-electron chi connectivity index (χ4n) is 4.32. The molecule has 4 rings (SSSR count). The van der Waals surface area contributed by atoms with Crippen LogP contribution in [0.25, 0.3) is 0 Å². The maximum absolute atomic E-state index is 14.1. The molecule has 3 amide bonds. The van der Waals surface area contributed by atoms with Crippen LogP contribution in [0.1, 0.15) is 23.1 Å². The van der Waals surface area contributed by atoms with Gasteiger partial charge in [0, 0.05) is 26.1 Å². The maximum Gasteiger partial charge on any atom is 0.228 e. The molecule has 2 aromatic rings. The second-order valence-corrected chi connectivity index (χ2v) is 7.68. The van der Waals surface area contributed by atoms with E-state index >= 15 is 0 Å². The molecule has 6 nitrogen and oxygen atoms in total. The average Bonchev–Trinajstić information content (AvgIpc) is 3.08. The first-order chi connectivity index (χ1) is 14.3. The molecule has 2 N–H and O–H groups in total. The first-order valence-electron chi connectivity index (χ1n) is 9.76. The smallest absolute Gasteiger partial charge is 0.228 e. The summed E-state index contributed by atoms with van der Waals surface area (Å²) in [5.41, 5.74) is 7.74. The Bertz CT molecular complexity index is 1020. The first-order valence-corrected chi connectivity index (χ1v) is 9.76. The molecule has 2 aromatic carbocycles. The molecular formula is C22H21F2N3O3. The van der Waals surface area contributed by atoms with Crippen molar-refractivity contribution < 1.29 is 23.2 Å². The Morgan fingerprint density at radius 2 is 1.80 bits per heavy atom. The standard InChI is InChI=1S/C22H21F2N3O3/c23-17-5-2-6-18(24)21(17)27-12-15(10-20(27)29)22(30)26-8-7-16-13(9-19(25)28)3-1-4-14(16)11-26/h1-6,15H,7-12H2,(H2,25,28). The molecule has 2 aliphatic rings. The first kappa shape index (κ1) is 20.0. The summed E-state index contributed by atoms with van der Waals surface area (Å²) in [6.45, 7) is 0.750. The Labute approximate surface area is 172 Å². The zero-order valence-electron chi connectivity index (χ0n) is 16.2. The molecule has 0 spiro atoms. The molecular weight excluding hydrogens is 392 g/mol. The summed E-state index contributed by atoms with van der Waals surface area (Å²) in [6, 6.07) is 9.00. The topological polar surface area (TPSA) is 83.7 Å². The molecule has 30 heavy (non-hydrogen) atoms. The average molecular weight is 413 g/mol. The lowest BCUT2D eigenvalue weighted by molar-refractivity contribution is -0.136. The van der Waals surface area contributed by atoms with Crippen LogP contribution in [-0.4, -0.2) is 35.7 Å². The number of hydrogen-bond acceptors (Lipinski definition) is 3. The van der Waals surface area contributed by atoms with Crippen molar-refractivity contribution in [1.82, 2.24) is 4.90 Å². The normalized spacial score (nSPS) is 18.5. The van der Waals surface area contributed by atoms with Gasteiger partial charge in [0.05, 0.1) is 12.3 Å². The predicted molar refractivity (Wildman–Crippen MR) is 105 cm³/mol. The molecule has 2 aliphatic heterocycles. The number of nitrogens with zero attached hydrogens (tertiary/aromatic N) is 2. The number of fused-ring (bicyclic) bond motifs is 1. The maximum atomic E-state index is 14.1. The number of carbonyl (C=O) groups is 3. The van der Waals surface area contributed by atoms with Crippen LogP contribution in [0, 0.1) is 17.6 Å². The number of hydrogen-bond donors (Lipinski definition) is 1. The third-order valence-corrected chi connectivity index (χ3v) is 5.72. The summed E-state index contributed by atoms with van der Waals surface area (Å²) in [5, 5.41) is 0. The van der Waals surface area contributed by atoms with E-state index in [1.54, 1.807) is 4.90 Å². The second kappa shape index (κ2) is 7.85. The Morgan fingerprint density at radius 1 is 1.10 bits per heavy atom. The van der Waals surface area contributed by atoms with E-state index in [2.05, 4.69) is 0 Å². The van der Waals surface area contributed by atoms with Gasteiger partial charge < -0.3 is 15.5 Å². The quantitative estimate of drug-likeness (QED) is 0.832. The van der Waals surface area contributed by atoms with Crippen LogP contribution in [0.2, 0.25) is 0 Å². The Morgan fingerprint density at radius 3 is 2.50 bits per heavy atom. The van der Waals surface area contributed by atoms with Gasteiger partial charge >= 0.3 is 0 Å². The summed E-state index contributed by atoms with van der Waals surface area (Å²) >= 11 is 0. The number of primary amides is 1. The van der Waals surface area contributed by atoms with Crippen molar-refractivity contribution in [2.75, 3.05) is 18.0 Å².